The summed E-state index contributed by atoms with van der Waals surface area (Å²) < 4.78 is 18.1. The molecule has 1 aromatic rings. The number of carbonyl (C=O) groups is 3. The maximum atomic E-state index is 13.9. The van der Waals surface area contributed by atoms with E-state index in [1.54, 1.807) is 0 Å². The van der Waals surface area contributed by atoms with Crippen molar-refractivity contribution < 1.29 is 28.6 Å². The number of halogens is 1. The zero-order valence-corrected chi connectivity index (χ0v) is 12.2. The summed E-state index contributed by atoms with van der Waals surface area (Å²) in [5, 5.41) is 10.8. The van der Waals surface area contributed by atoms with Crippen molar-refractivity contribution in [3.8, 4) is 5.75 Å². The lowest BCUT2D eigenvalue weighted by atomic mass is 9.90. The fraction of sp³-hybridized carbons (Fsp3) is 0.308. The number of imide groups is 1. The zero-order valence-electron chi connectivity index (χ0n) is 11.4. The van der Waals surface area contributed by atoms with Gasteiger partial charge in [0.05, 0.1) is 12.3 Å². The van der Waals surface area contributed by atoms with Crippen molar-refractivity contribution in [1.29, 1.82) is 0 Å². The van der Waals surface area contributed by atoms with Crippen LogP contribution >= 0.6 is 11.8 Å². The molecule has 0 aliphatic carbocycles. The van der Waals surface area contributed by atoms with E-state index in [0.717, 1.165) is 28.8 Å². The lowest BCUT2D eigenvalue weighted by Crippen LogP contribution is -2.39. The summed E-state index contributed by atoms with van der Waals surface area (Å²) in [6, 6.07) is 2.13. The number of hydrogen-bond acceptors (Lipinski definition) is 5. The second kappa shape index (κ2) is 4.87. The van der Waals surface area contributed by atoms with E-state index in [1.165, 1.54) is 7.05 Å². The van der Waals surface area contributed by atoms with Crippen LogP contribution in [0.5, 0.6) is 5.75 Å². The Kier molecular flexibility index (Phi) is 3.24. The molecular formula is C13H11FN2O5S. The molecular weight excluding hydrogens is 315 g/mol. The smallest absolute Gasteiger partial charge is 0.411 e. The number of benzene rings is 1. The molecule has 2 N–H and O–H groups in total. The zero-order chi connectivity index (χ0) is 16.1. The molecule has 0 radical (unpaired) electrons. The second-order valence-electron chi connectivity index (χ2n) is 4.91. The van der Waals surface area contributed by atoms with Gasteiger partial charge in [-0.1, -0.05) is 0 Å². The Morgan fingerprint density at radius 1 is 1.50 bits per heavy atom. The standard InChI is InChI=1S/C13H11FN2O5S/c1-16(12(19)20)8-5-6(14)4-7-9(8)21-3-2-13(7)10(17)15-11(18)22-13/h4-5H,2-3H2,1H3,(H,19,20)(H,15,17,18). The molecule has 9 heteroatoms. The summed E-state index contributed by atoms with van der Waals surface area (Å²) in [7, 11) is 1.25. The van der Waals surface area contributed by atoms with Crippen LogP contribution in [0.4, 0.5) is 19.7 Å². The number of carboxylic acid groups (broad SMARTS) is 1. The average Bonchev–Trinajstić information content (AvgIpc) is 2.73. The average molecular weight is 326 g/mol. The van der Waals surface area contributed by atoms with E-state index in [0.29, 0.717) is 0 Å². The number of amides is 3. The lowest BCUT2D eigenvalue weighted by molar-refractivity contribution is -0.122. The van der Waals surface area contributed by atoms with E-state index in [4.69, 9.17) is 9.84 Å². The predicted octanol–water partition coefficient (Wildman–Crippen LogP) is 1.90. The first kappa shape index (κ1) is 14.6. The maximum Gasteiger partial charge on any atom is 0.411 e. The van der Waals surface area contributed by atoms with Crippen LogP contribution < -0.4 is 15.0 Å². The van der Waals surface area contributed by atoms with Crippen LogP contribution in [0.15, 0.2) is 12.1 Å². The molecule has 7 nitrogen and oxygen atoms in total. The Morgan fingerprint density at radius 3 is 2.82 bits per heavy atom. The Morgan fingerprint density at radius 2 is 2.23 bits per heavy atom. The van der Waals surface area contributed by atoms with Crippen molar-refractivity contribution in [2.75, 3.05) is 18.6 Å². The largest absolute Gasteiger partial charge is 0.491 e. The van der Waals surface area contributed by atoms with Crippen molar-refractivity contribution in [2.45, 2.75) is 11.2 Å². The first-order valence-electron chi connectivity index (χ1n) is 6.33. The van der Waals surface area contributed by atoms with E-state index < -0.39 is 27.8 Å². The van der Waals surface area contributed by atoms with Crippen molar-refractivity contribution in [3.05, 3.63) is 23.5 Å². The minimum Gasteiger partial charge on any atom is -0.491 e. The third-order valence-electron chi connectivity index (χ3n) is 3.67. The van der Waals surface area contributed by atoms with Gasteiger partial charge in [-0.25, -0.2) is 9.18 Å². The maximum absolute atomic E-state index is 13.9. The quantitative estimate of drug-likeness (QED) is 0.818. The molecule has 1 atom stereocenters. The summed E-state index contributed by atoms with van der Waals surface area (Å²) in [6.45, 7) is 0.118. The number of nitrogens with one attached hydrogen (secondary N) is 1. The molecule has 2 heterocycles. The number of anilines is 1. The number of ether oxygens (including phenoxy) is 1. The molecule has 1 spiro atoms. The van der Waals surface area contributed by atoms with Crippen LogP contribution in [-0.4, -0.2) is 36.0 Å². The fourth-order valence-electron chi connectivity index (χ4n) is 2.58. The van der Waals surface area contributed by atoms with Gasteiger partial charge in [-0.3, -0.25) is 19.8 Å². The summed E-state index contributed by atoms with van der Waals surface area (Å²) in [5.74, 6) is -1.14. The second-order valence-corrected chi connectivity index (χ2v) is 6.18. The van der Waals surface area contributed by atoms with Crippen molar-refractivity contribution in [2.24, 2.45) is 0 Å². The highest BCUT2D eigenvalue weighted by Gasteiger charge is 2.53. The van der Waals surface area contributed by atoms with Gasteiger partial charge in [0.25, 0.3) is 5.24 Å². The number of nitrogens with zero attached hydrogens (tertiary/aromatic N) is 1. The minimum absolute atomic E-state index is 0.00526. The monoisotopic (exact) mass is 326 g/mol. The molecule has 1 unspecified atom stereocenters. The normalized spacial score (nSPS) is 23.0. The number of rotatable bonds is 1. The number of hydrogen-bond donors (Lipinski definition) is 2. The fourth-order valence-corrected chi connectivity index (χ4v) is 3.63. The van der Waals surface area contributed by atoms with Crippen LogP contribution in [0.1, 0.15) is 12.0 Å². The molecule has 1 saturated heterocycles. The van der Waals surface area contributed by atoms with Crippen LogP contribution in [0.25, 0.3) is 0 Å². The summed E-state index contributed by atoms with van der Waals surface area (Å²) in [6.07, 6.45) is -1.10. The molecule has 0 bridgehead atoms. The van der Waals surface area contributed by atoms with Crippen LogP contribution in [-0.2, 0) is 9.54 Å². The van der Waals surface area contributed by atoms with Gasteiger partial charge in [0, 0.05) is 25.1 Å². The SMILES string of the molecule is CN(C(=O)O)c1cc(F)cc2c1OCCC21SC(=O)NC1=O. The molecule has 22 heavy (non-hydrogen) atoms. The van der Waals surface area contributed by atoms with Gasteiger partial charge in [-0.05, 0) is 17.8 Å². The molecule has 2 aliphatic heterocycles. The first-order valence-corrected chi connectivity index (χ1v) is 7.15. The lowest BCUT2D eigenvalue weighted by Gasteiger charge is -2.33. The van der Waals surface area contributed by atoms with Gasteiger partial charge in [0.1, 0.15) is 16.3 Å². The third kappa shape index (κ3) is 2.00. The van der Waals surface area contributed by atoms with Gasteiger partial charge in [-0.2, -0.15) is 0 Å². The highest BCUT2D eigenvalue weighted by atomic mass is 32.2. The van der Waals surface area contributed by atoms with Gasteiger partial charge in [-0.15, -0.1) is 0 Å². The number of carbonyl (C=O) groups excluding carboxylic acids is 2. The highest BCUT2D eigenvalue weighted by molar-refractivity contribution is 8.15. The minimum atomic E-state index is -1.30. The summed E-state index contributed by atoms with van der Waals surface area (Å²) >= 11 is 0.765. The summed E-state index contributed by atoms with van der Waals surface area (Å²) in [5.41, 5.74) is 0.171. The number of thioether (sulfide) groups is 1. The molecule has 0 aromatic heterocycles. The molecule has 1 fully saturated rings. The number of fused-ring (bicyclic) bond motifs is 2. The molecule has 116 valence electrons. The molecule has 3 amide bonds. The van der Waals surface area contributed by atoms with Crippen molar-refractivity contribution in [1.82, 2.24) is 5.32 Å². The third-order valence-corrected chi connectivity index (χ3v) is 4.91. The first-order chi connectivity index (χ1) is 10.3. The Labute approximate surface area is 128 Å². The van der Waals surface area contributed by atoms with Crippen molar-refractivity contribution in [3.63, 3.8) is 0 Å². The topological polar surface area (TPSA) is 95.9 Å². The van der Waals surface area contributed by atoms with Gasteiger partial charge in [0.2, 0.25) is 5.91 Å². The molecule has 0 saturated carbocycles. The van der Waals surface area contributed by atoms with Crippen LogP contribution in [0, 0.1) is 5.82 Å². The van der Waals surface area contributed by atoms with E-state index in [1.807, 2.05) is 0 Å². The van der Waals surface area contributed by atoms with E-state index >= 15 is 0 Å². The predicted molar refractivity (Wildman–Crippen MR) is 75.7 cm³/mol. The molecule has 3 rings (SSSR count). The van der Waals surface area contributed by atoms with Crippen LogP contribution in [0.3, 0.4) is 0 Å². The van der Waals surface area contributed by atoms with Gasteiger partial charge in [0.15, 0.2) is 0 Å². The Balaban J connectivity index is 2.22. The van der Waals surface area contributed by atoms with Gasteiger partial charge < -0.3 is 9.84 Å². The molecule has 1 aromatic carbocycles. The van der Waals surface area contributed by atoms with E-state index in [9.17, 15) is 18.8 Å². The van der Waals surface area contributed by atoms with E-state index in [2.05, 4.69) is 5.32 Å². The molecule has 2 aliphatic rings. The van der Waals surface area contributed by atoms with E-state index in [-0.39, 0.29) is 30.0 Å². The van der Waals surface area contributed by atoms with Crippen LogP contribution in [0.2, 0.25) is 0 Å². The summed E-state index contributed by atoms with van der Waals surface area (Å²) in [4.78, 5) is 35.7. The Bertz CT molecular complexity index is 710. The van der Waals surface area contributed by atoms with Gasteiger partial charge >= 0.3 is 6.09 Å². The highest BCUT2D eigenvalue weighted by Crippen LogP contribution is 2.52. The van der Waals surface area contributed by atoms with Crippen molar-refractivity contribution >= 4 is 34.7 Å². The Hall–Kier alpha value is -2.29.